The van der Waals surface area contributed by atoms with Gasteiger partial charge in [-0.05, 0) is 11.6 Å². The van der Waals surface area contributed by atoms with E-state index in [0.717, 1.165) is 5.56 Å². The highest BCUT2D eigenvalue weighted by Crippen LogP contribution is 2.22. The van der Waals surface area contributed by atoms with Crippen LogP contribution in [0.25, 0.3) is 11.3 Å². The molecule has 1 aliphatic carbocycles. The van der Waals surface area contributed by atoms with Crippen LogP contribution in [-0.4, -0.2) is 27.8 Å². The summed E-state index contributed by atoms with van der Waals surface area (Å²) in [6.45, 7) is -0.185. The first-order valence-electron chi connectivity index (χ1n) is 6.97. The van der Waals surface area contributed by atoms with Gasteiger partial charge in [0.2, 0.25) is 0 Å². The van der Waals surface area contributed by atoms with Crippen LogP contribution in [0.15, 0.2) is 60.7 Å². The van der Waals surface area contributed by atoms with E-state index in [9.17, 15) is 9.90 Å². The van der Waals surface area contributed by atoms with E-state index in [1.54, 1.807) is 12.1 Å². The fourth-order valence-corrected chi connectivity index (χ4v) is 2.30. The smallest absolute Gasteiger partial charge is 0.273 e. The monoisotopic (exact) mass is 293 g/mol. The van der Waals surface area contributed by atoms with Crippen LogP contribution in [0.4, 0.5) is 0 Å². The molecule has 0 saturated carbocycles. The third kappa shape index (κ3) is 2.80. The number of nitrogens with zero attached hydrogens (tertiary/aromatic N) is 2. The lowest BCUT2D eigenvalue weighted by Gasteiger charge is -2.16. The van der Waals surface area contributed by atoms with Crippen LogP contribution in [0.2, 0.25) is 0 Å². The zero-order valence-corrected chi connectivity index (χ0v) is 11.8. The van der Waals surface area contributed by atoms with Gasteiger partial charge in [-0.3, -0.25) is 4.79 Å². The Hall–Kier alpha value is -2.79. The molecule has 0 bridgehead atoms. The zero-order chi connectivity index (χ0) is 15.4. The van der Waals surface area contributed by atoms with Gasteiger partial charge in [0.15, 0.2) is 5.69 Å². The second-order valence-electron chi connectivity index (χ2n) is 4.88. The van der Waals surface area contributed by atoms with Gasteiger partial charge in [0.1, 0.15) is 0 Å². The first-order chi connectivity index (χ1) is 10.8. The molecule has 1 atom stereocenters. The van der Waals surface area contributed by atoms with Crippen molar-refractivity contribution in [1.82, 2.24) is 15.5 Å². The van der Waals surface area contributed by atoms with E-state index in [1.807, 2.05) is 48.5 Å². The summed E-state index contributed by atoms with van der Waals surface area (Å²) in [5, 5.41) is 20.3. The van der Waals surface area contributed by atoms with Crippen molar-refractivity contribution in [2.24, 2.45) is 0 Å². The van der Waals surface area contributed by atoms with Gasteiger partial charge in [0.25, 0.3) is 5.91 Å². The van der Waals surface area contributed by atoms with Crippen molar-refractivity contribution in [2.75, 3.05) is 6.61 Å². The second-order valence-corrected chi connectivity index (χ2v) is 4.88. The van der Waals surface area contributed by atoms with Crippen molar-refractivity contribution in [3.8, 4) is 11.3 Å². The Kier molecular flexibility index (Phi) is 4.07. The maximum Gasteiger partial charge on any atom is 0.273 e. The van der Waals surface area contributed by atoms with Crippen molar-refractivity contribution in [3.63, 3.8) is 0 Å². The van der Waals surface area contributed by atoms with E-state index >= 15 is 0 Å². The molecule has 110 valence electrons. The molecule has 1 amide bonds. The van der Waals surface area contributed by atoms with Gasteiger partial charge in [-0.1, -0.05) is 54.6 Å². The lowest BCUT2D eigenvalue weighted by Crippen LogP contribution is -2.31. The number of benzene rings is 1. The standard InChI is InChI=1S/C17H15N3O2/c21-11-15(12-7-3-1-4-8-12)18-17(22)16-13-9-5-2-6-10-14(13)19-20-16/h1-10,15,21H,11H2,(H,18,22)/t15-/m1/s1. The lowest BCUT2D eigenvalue weighted by molar-refractivity contribution is 0.0912. The first-order valence-corrected chi connectivity index (χ1v) is 6.97. The molecule has 1 aromatic carbocycles. The van der Waals surface area contributed by atoms with E-state index < -0.39 is 6.04 Å². The summed E-state index contributed by atoms with van der Waals surface area (Å²) in [6.07, 6.45) is 0. The van der Waals surface area contributed by atoms with Crippen LogP contribution in [0.3, 0.4) is 0 Å². The van der Waals surface area contributed by atoms with Crippen LogP contribution < -0.4 is 5.32 Å². The Morgan fingerprint density at radius 3 is 2.41 bits per heavy atom. The minimum absolute atomic E-state index is 0.185. The number of carbonyl (C=O) groups is 1. The quantitative estimate of drug-likeness (QED) is 0.772. The molecule has 1 aliphatic heterocycles. The number of nitrogens with one attached hydrogen (secondary N) is 1. The number of rotatable bonds is 4. The number of amides is 1. The number of aromatic nitrogens is 2. The molecule has 2 aliphatic rings. The van der Waals surface area contributed by atoms with E-state index in [2.05, 4.69) is 15.5 Å². The summed E-state index contributed by atoms with van der Waals surface area (Å²) in [5.74, 6) is -0.350. The Labute approximate surface area is 128 Å². The van der Waals surface area contributed by atoms with Crippen molar-refractivity contribution in [3.05, 3.63) is 71.9 Å². The van der Waals surface area contributed by atoms with Crippen LogP contribution in [0.1, 0.15) is 22.1 Å². The third-order valence-corrected chi connectivity index (χ3v) is 3.43. The van der Waals surface area contributed by atoms with Gasteiger partial charge in [-0.2, -0.15) is 0 Å². The third-order valence-electron chi connectivity index (χ3n) is 3.43. The molecule has 0 fully saturated rings. The van der Waals surface area contributed by atoms with Crippen molar-refractivity contribution in [1.29, 1.82) is 0 Å². The number of aliphatic hydroxyl groups is 1. The maximum absolute atomic E-state index is 12.4. The summed E-state index contributed by atoms with van der Waals surface area (Å²) in [6, 6.07) is 18.0. The largest absolute Gasteiger partial charge is 0.394 e. The SMILES string of the molecule is O=C(N[C@H](CO)c1ccccc1)c1nnc2cccccc1-2. The average molecular weight is 293 g/mol. The molecular weight excluding hydrogens is 278 g/mol. The number of carbonyl (C=O) groups excluding carboxylic acids is 1. The molecule has 0 aromatic heterocycles. The number of fused-ring (bicyclic) bond motifs is 1. The molecule has 1 aromatic rings. The number of hydrogen-bond acceptors (Lipinski definition) is 4. The minimum Gasteiger partial charge on any atom is -0.394 e. The first kappa shape index (κ1) is 14.2. The molecule has 1 heterocycles. The topological polar surface area (TPSA) is 75.1 Å². The fourth-order valence-electron chi connectivity index (χ4n) is 2.30. The molecule has 0 radical (unpaired) electrons. The summed E-state index contributed by atoms with van der Waals surface area (Å²) in [7, 11) is 0. The van der Waals surface area contributed by atoms with Crippen molar-refractivity contribution in [2.45, 2.75) is 6.04 Å². The Bertz CT molecular complexity index is 746. The molecule has 5 heteroatoms. The predicted octanol–water partition coefficient (Wildman–Crippen LogP) is 2.04. The van der Waals surface area contributed by atoms with Gasteiger partial charge in [0, 0.05) is 5.56 Å². The van der Waals surface area contributed by atoms with Crippen LogP contribution >= 0.6 is 0 Å². The Morgan fingerprint density at radius 1 is 1.00 bits per heavy atom. The highest BCUT2D eigenvalue weighted by atomic mass is 16.3. The summed E-state index contributed by atoms with van der Waals surface area (Å²) in [5.41, 5.74) is 2.45. The molecule has 0 spiro atoms. The van der Waals surface area contributed by atoms with Gasteiger partial charge < -0.3 is 10.4 Å². The van der Waals surface area contributed by atoms with E-state index in [0.29, 0.717) is 11.3 Å². The number of aliphatic hydroxyl groups excluding tert-OH is 1. The molecule has 0 unspecified atom stereocenters. The highest BCUT2D eigenvalue weighted by molar-refractivity contribution is 5.99. The summed E-state index contributed by atoms with van der Waals surface area (Å²) >= 11 is 0. The Morgan fingerprint density at radius 2 is 1.68 bits per heavy atom. The maximum atomic E-state index is 12.4. The molecule has 5 nitrogen and oxygen atoms in total. The van der Waals surface area contributed by atoms with E-state index in [-0.39, 0.29) is 18.2 Å². The van der Waals surface area contributed by atoms with Gasteiger partial charge >= 0.3 is 0 Å². The molecule has 22 heavy (non-hydrogen) atoms. The molecule has 0 saturated heterocycles. The summed E-state index contributed by atoms with van der Waals surface area (Å²) < 4.78 is 0. The van der Waals surface area contributed by atoms with Crippen molar-refractivity contribution < 1.29 is 9.90 Å². The summed E-state index contributed by atoms with van der Waals surface area (Å²) in [4.78, 5) is 12.4. The average Bonchev–Trinajstić information content (AvgIpc) is 2.82. The molecule has 3 rings (SSSR count). The van der Waals surface area contributed by atoms with E-state index in [1.165, 1.54) is 0 Å². The zero-order valence-electron chi connectivity index (χ0n) is 11.8. The van der Waals surface area contributed by atoms with Crippen LogP contribution in [0, 0.1) is 0 Å². The lowest BCUT2D eigenvalue weighted by atomic mass is 10.1. The van der Waals surface area contributed by atoms with Gasteiger partial charge in [0.05, 0.1) is 18.3 Å². The molecular formula is C17H15N3O2. The fraction of sp³-hybridized carbons (Fsp3) is 0.118. The van der Waals surface area contributed by atoms with Crippen LogP contribution in [-0.2, 0) is 0 Å². The predicted molar refractivity (Wildman–Crippen MR) is 82.4 cm³/mol. The normalized spacial score (nSPS) is 12.0. The van der Waals surface area contributed by atoms with E-state index in [4.69, 9.17) is 0 Å². The van der Waals surface area contributed by atoms with Crippen LogP contribution in [0.5, 0.6) is 0 Å². The molecule has 2 N–H and O–H groups in total. The van der Waals surface area contributed by atoms with Crippen molar-refractivity contribution >= 4 is 5.91 Å². The Balaban J connectivity index is 1.85. The minimum atomic E-state index is -0.474. The highest BCUT2D eigenvalue weighted by Gasteiger charge is 2.21. The second kappa shape index (κ2) is 6.32. The number of hydrogen-bond donors (Lipinski definition) is 2. The van der Waals surface area contributed by atoms with Gasteiger partial charge in [-0.15, -0.1) is 10.2 Å². The van der Waals surface area contributed by atoms with Gasteiger partial charge in [-0.25, -0.2) is 0 Å².